The fraction of sp³-hybridized carbons (Fsp3) is 0.400. The van der Waals surface area contributed by atoms with Crippen molar-refractivity contribution in [2.24, 2.45) is 0 Å². The van der Waals surface area contributed by atoms with E-state index in [9.17, 15) is 13.2 Å². The van der Waals surface area contributed by atoms with E-state index in [-0.39, 0.29) is 28.6 Å². The number of carbonyl (C=O) groups excluding carboxylic acids is 1. The quantitative estimate of drug-likeness (QED) is 0.638. The van der Waals surface area contributed by atoms with Gasteiger partial charge in [0.15, 0.2) is 17.2 Å². The summed E-state index contributed by atoms with van der Waals surface area (Å²) in [6.07, 6.45) is 3.21. The lowest BCUT2D eigenvalue weighted by molar-refractivity contribution is 0.0891. The molecule has 1 N–H and O–H groups in total. The molecular weight excluding hydrogens is 416 g/mol. The van der Waals surface area contributed by atoms with Crippen LogP contribution in [0.2, 0.25) is 5.02 Å². The van der Waals surface area contributed by atoms with Gasteiger partial charge < -0.3 is 14.2 Å². The van der Waals surface area contributed by atoms with Gasteiger partial charge in [0.2, 0.25) is 14.9 Å². The Morgan fingerprint density at radius 1 is 1.17 bits per heavy atom. The van der Waals surface area contributed by atoms with E-state index in [2.05, 4.69) is 10.3 Å². The fourth-order valence-electron chi connectivity index (χ4n) is 3.59. The van der Waals surface area contributed by atoms with Crippen LogP contribution < -0.4 is 5.32 Å². The normalized spacial score (nSPS) is 20.1. The van der Waals surface area contributed by atoms with Crippen LogP contribution in [-0.2, 0) is 9.84 Å². The van der Waals surface area contributed by atoms with E-state index in [4.69, 9.17) is 20.4 Å². The molecule has 2 aromatic heterocycles. The molecule has 9 heteroatoms. The van der Waals surface area contributed by atoms with Crippen molar-refractivity contribution in [1.82, 2.24) is 10.3 Å². The molecule has 0 radical (unpaired) electrons. The van der Waals surface area contributed by atoms with Gasteiger partial charge in [0.05, 0.1) is 5.75 Å². The Balaban J connectivity index is 1.36. The largest absolute Gasteiger partial charge is 0.440 e. The smallest absolute Gasteiger partial charge is 0.287 e. The molecule has 3 aromatic rings. The molecule has 154 valence electrons. The number of amides is 1. The lowest BCUT2D eigenvalue weighted by Crippen LogP contribution is -2.37. The van der Waals surface area contributed by atoms with Gasteiger partial charge in [-0.2, -0.15) is 0 Å². The van der Waals surface area contributed by atoms with Gasteiger partial charge in [0.25, 0.3) is 5.91 Å². The fourth-order valence-corrected chi connectivity index (χ4v) is 4.53. The summed E-state index contributed by atoms with van der Waals surface area (Å²) in [5, 5.41) is 3.37. The van der Waals surface area contributed by atoms with Crippen LogP contribution in [-0.4, -0.2) is 31.1 Å². The molecule has 7 nitrogen and oxygen atoms in total. The number of halogens is 1. The molecule has 0 bridgehead atoms. The topological polar surface area (TPSA) is 102 Å². The Morgan fingerprint density at radius 2 is 1.93 bits per heavy atom. The summed E-state index contributed by atoms with van der Waals surface area (Å²) in [6, 6.07) is 8.09. The molecular formula is C20H21ClN2O5S. The maximum atomic E-state index is 12.4. The molecule has 4 rings (SSSR count). The van der Waals surface area contributed by atoms with Crippen LogP contribution >= 0.6 is 11.6 Å². The second kappa shape index (κ2) is 7.84. The van der Waals surface area contributed by atoms with Crippen molar-refractivity contribution in [3.8, 4) is 0 Å². The number of aromatic nitrogens is 1. The van der Waals surface area contributed by atoms with Gasteiger partial charge in [-0.1, -0.05) is 18.5 Å². The van der Waals surface area contributed by atoms with Crippen molar-refractivity contribution >= 4 is 38.4 Å². The third-order valence-electron chi connectivity index (χ3n) is 5.27. The first kappa shape index (κ1) is 20.0. The zero-order valence-corrected chi connectivity index (χ0v) is 17.4. The summed E-state index contributed by atoms with van der Waals surface area (Å²) in [5.41, 5.74) is 1.47. The Hall–Kier alpha value is -2.32. The van der Waals surface area contributed by atoms with Gasteiger partial charge >= 0.3 is 0 Å². The summed E-state index contributed by atoms with van der Waals surface area (Å²) in [4.78, 5) is 17.0. The molecule has 29 heavy (non-hydrogen) atoms. The van der Waals surface area contributed by atoms with Crippen molar-refractivity contribution in [3.63, 3.8) is 0 Å². The van der Waals surface area contributed by atoms with Crippen LogP contribution in [0.5, 0.6) is 0 Å². The highest BCUT2D eigenvalue weighted by atomic mass is 35.5. The van der Waals surface area contributed by atoms with Crippen LogP contribution in [0, 0.1) is 0 Å². The zero-order valence-electron chi connectivity index (χ0n) is 15.9. The highest BCUT2D eigenvalue weighted by molar-refractivity contribution is 7.91. The van der Waals surface area contributed by atoms with Crippen molar-refractivity contribution in [3.05, 3.63) is 47.0 Å². The van der Waals surface area contributed by atoms with E-state index in [1.807, 2.05) is 6.07 Å². The second-order valence-corrected chi connectivity index (χ2v) is 9.85. The van der Waals surface area contributed by atoms with Gasteiger partial charge in [-0.15, -0.1) is 0 Å². The number of sulfone groups is 1. The standard InChI is InChI=1S/C20H21ClN2O5S/c1-2-29(25,26)18-10-9-17(27-18)19(24)22-14-6-3-12(4-7-14)20-23-15-11-13(21)5-8-16(15)28-20/h5,8-12,14H,2-4,6-7H2,1H3,(H,22,24). The number of rotatable bonds is 5. The maximum Gasteiger partial charge on any atom is 0.287 e. The van der Waals surface area contributed by atoms with E-state index in [0.717, 1.165) is 36.8 Å². The van der Waals surface area contributed by atoms with E-state index in [0.29, 0.717) is 10.9 Å². The van der Waals surface area contributed by atoms with Crippen molar-refractivity contribution in [2.75, 3.05) is 5.75 Å². The molecule has 0 saturated heterocycles. The first-order valence-corrected chi connectivity index (χ1v) is 11.6. The van der Waals surface area contributed by atoms with Crippen molar-refractivity contribution < 1.29 is 22.0 Å². The minimum Gasteiger partial charge on any atom is -0.440 e. The van der Waals surface area contributed by atoms with Crippen molar-refractivity contribution in [1.29, 1.82) is 0 Å². The third-order valence-corrected chi connectivity index (χ3v) is 7.10. The molecule has 1 fully saturated rings. The number of fused-ring (bicyclic) bond motifs is 1. The van der Waals surface area contributed by atoms with Crippen LogP contribution in [0.3, 0.4) is 0 Å². The van der Waals surface area contributed by atoms with Gasteiger partial charge in [-0.05, 0) is 56.0 Å². The Labute approximate surface area is 173 Å². The highest BCUT2D eigenvalue weighted by Crippen LogP contribution is 2.34. The predicted molar refractivity (Wildman–Crippen MR) is 108 cm³/mol. The van der Waals surface area contributed by atoms with Crippen LogP contribution in [0.15, 0.2) is 44.3 Å². The summed E-state index contributed by atoms with van der Waals surface area (Å²) in [5.74, 6) is 0.428. The van der Waals surface area contributed by atoms with Gasteiger partial charge in [0.1, 0.15) is 5.52 Å². The lowest BCUT2D eigenvalue weighted by atomic mass is 9.86. The summed E-state index contributed by atoms with van der Waals surface area (Å²) in [6.45, 7) is 1.53. The molecule has 1 aromatic carbocycles. The number of oxazole rings is 1. The van der Waals surface area contributed by atoms with Crippen LogP contribution in [0.4, 0.5) is 0 Å². The second-order valence-electron chi connectivity index (χ2n) is 7.21. The van der Waals surface area contributed by atoms with E-state index in [1.165, 1.54) is 19.1 Å². The molecule has 2 heterocycles. The van der Waals surface area contributed by atoms with E-state index >= 15 is 0 Å². The molecule has 0 aliphatic heterocycles. The average molecular weight is 437 g/mol. The van der Waals surface area contributed by atoms with Crippen LogP contribution in [0.25, 0.3) is 11.1 Å². The molecule has 0 spiro atoms. The number of carbonyl (C=O) groups is 1. The minimum atomic E-state index is -3.47. The lowest BCUT2D eigenvalue weighted by Gasteiger charge is -2.27. The molecule has 1 aliphatic rings. The first-order valence-electron chi connectivity index (χ1n) is 9.55. The highest BCUT2D eigenvalue weighted by Gasteiger charge is 2.28. The molecule has 0 atom stereocenters. The van der Waals surface area contributed by atoms with Crippen LogP contribution in [0.1, 0.15) is 55.0 Å². The Bertz CT molecular complexity index is 1140. The van der Waals surface area contributed by atoms with Gasteiger partial charge in [-0.25, -0.2) is 13.4 Å². The molecule has 1 amide bonds. The monoisotopic (exact) mass is 436 g/mol. The van der Waals surface area contributed by atoms with Gasteiger partial charge in [0, 0.05) is 17.0 Å². The molecule has 0 unspecified atom stereocenters. The number of nitrogens with one attached hydrogen (secondary N) is 1. The summed E-state index contributed by atoms with van der Waals surface area (Å²) >= 11 is 6.00. The molecule has 1 saturated carbocycles. The zero-order chi connectivity index (χ0) is 20.6. The summed E-state index contributed by atoms with van der Waals surface area (Å²) < 4.78 is 34.8. The SMILES string of the molecule is CCS(=O)(=O)c1ccc(C(=O)NC2CCC(c3nc4cc(Cl)ccc4o3)CC2)o1. The number of benzene rings is 1. The van der Waals surface area contributed by atoms with E-state index < -0.39 is 15.7 Å². The average Bonchev–Trinajstić information content (AvgIpc) is 3.36. The maximum absolute atomic E-state index is 12.4. The number of furan rings is 1. The van der Waals surface area contributed by atoms with Crippen molar-refractivity contribution in [2.45, 2.75) is 49.7 Å². The van der Waals surface area contributed by atoms with E-state index in [1.54, 1.807) is 12.1 Å². The predicted octanol–water partition coefficient (Wildman–Crippen LogP) is 4.32. The molecule has 1 aliphatic carbocycles. The number of nitrogens with zero attached hydrogens (tertiary/aromatic N) is 1. The number of hydrogen-bond donors (Lipinski definition) is 1. The summed E-state index contributed by atoms with van der Waals surface area (Å²) in [7, 11) is -3.47. The Morgan fingerprint density at radius 3 is 2.66 bits per heavy atom. The first-order chi connectivity index (χ1) is 13.9. The minimum absolute atomic E-state index is 0.00564. The van der Waals surface area contributed by atoms with Gasteiger partial charge in [-0.3, -0.25) is 4.79 Å². The third kappa shape index (κ3) is 4.18. The Kier molecular flexibility index (Phi) is 5.40. The number of hydrogen-bond acceptors (Lipinski definition) is 6.